The lowest BCUT2D eigenvalue weighted by Crippen LogP contribution is -2.22. The fraction of sp³-hybridized carbons (Fsp3) is 0.571. The van der Waals surface area contributed by atoms with Crippen molar-refractivity contribution in [2.24, 2.45) is 5.92 Å². The van der Waals surface area contributed by atoms with E-state index >= 15 is 0 Å². The minimum Gasteiger partial charge on any atom is -0.307 e. The molecule has 1 N–H and O–H groups in total. The van der Waals surface area contributed by atoms with Crippen molar-refractivity contribution in [3.8, 4) is 0 Å². The summed E-state index contributed by atoms with van der Waals surface area (Å²) >= 11 is 3.52. The summed E-state index contributed by atoms with van der Waals surface area (Å²) in [5.74, 6) is 0.930. The second kappa shape index (κ2) is 5.33. The predicted molar refractivity (Wildman–Crippen MR) is 72.5 cm³/mol. The molecule has 0 aromatic heterocycles. The van der Waals surface area contributed by atoms with Gasteiger partial charge in [0.05, 0.1) is 0 Å². The lowest BCUT2D eigenvalue weighted by molar-refractivity contribution is 0.530. The van der Waals surface area contributed by atoms with Crippen LogP contribution in [0.2, 0.25) is 0 Å². The van der Waals surface area contributed by atoms with Crippen LogP contribution in [0.25, 0.3) is 0 Å². The summed E-state index contributed by atoms with van der Waals surface area (Å²) < 4.78 is 1.17. The van der Waals surface area contributed by atoms with Gasteiger partial charge in [-0.15, -0.1) is 0 Å². The minimum atomic E-state index is 0.462. The van der Waals surface area contributed by atoms with E-state index in [0.29, 0.717) is 6.04 Å². The number of halogens is 1. The van der Waals surface area contributed by atoms with Crippen LogP contribution in [-0.2, 0) is 0 Å². The smallest absolute Gasteiger partial charge is 0.0294 e. The Labute approximate surface area is 107 Å². The zero-order valence-corrected chi connectivity index (χ0v) is 11.6. The van der Waals surface area contributed by atoms with Gasteiger partial charge in [0, 0.05) is 16.6 Å². The molecular formula is C14H20BrN. The molecular weight excluding hydrogens is 262 g/mol. The summed E-state index contributed by atoms with van der Waals surface area (Å²) in [4.78, 5) is 0. The van der Waals surface area contributed by atoms with Gasteiger partial charge in [-0.1, -0.05) is 41.4 Å². The van der Waals surface area contributed by atoms with Crippen LogP contribution < -0.4 is 5.32 Å². The zero-order valence-electron chi connectivity index (χ0n) is 10.0. The summed E-state index contributed by atoms with van der Waals surface area (Å²) in [6.45, 7) is 4.52. The molecule has 1 saturated carbocycles. The number of hydrogen-bond donors (Lipinski definition) is 1. The molecule has 0 bridgehead atoms. The maximum atomic E-state index is 3.71. The van der Waals surface area contributed by atoms with Crippen molar-refractivity contribution in [1.29, 1.82) is 0 Å². The lowest BCUT2D eigenvalue weighted by atomic mass is 10.1. The predicted octanol–water partition coefficient (Wildman–Crippen LogP) is 4.29. The fourth-order valence-electron chi connectivity index (χ4n) is 2.33. The maximum absolute atomic E-state index is 3.71. The zero-order chi connectivity index (χ0) is 11.5. The SMILES string of the molecule is CCCC1CC1NC(C)c1cccc(Br)c1. The largest absolute Gasteiger partial charge is 0.307 e. The normalized spacial score (nSPS) is 25.4. The van der Waals surface area contributed by atoms with Crippen molar-refractivity contribution in [3.05, 3.63) is 34.3 Å². The number of rotatable bonds is 5. The van der Waals surface area contributed by atoms with Crippen LogP contribution in [0.15, 0.2) is 28.7 Å². The van der Waals surface area contributed by atoms with E-state index in [1.807, 2.05) is 0 Å². The van der Waals surface area contributed by atoms with Gasteiger partial charge in [-0.05, 0) is 43.4 Å². The van der Waals surface area contributed by atoms with Gasteiger partial charge in [0.25, 0.3) is 0 Å². The van der Waals surface area contributed by atoms with Gasteiger partial charge in [0.2, 0.25) is 0 Å². The summed E-state index contributed by atoms with van der Waals surface area (Å²) in [5, 5.41) is 3.71. The molecule has 0 heterocycles. The molecule has 1 fully saturated rings. The number of benzene rings is 1. The summed E-state index contributed by atoms with van der Waals surface area (Å²) in [5.41, 5.74) is 1.37. The molecule has 1 nitrogen and oxygen atoms in total. The Morgan fingerprint density at radius 3 is 3.00 bits per heavy atom. The van der Waals surface area contributed by atoms with Gasteiger partial charge < -0.3 is 5.32 Å². The second-order valence-electron chi connectivity index (χ2n) is 4.83. The van der Waals surface area contributed by atoms with Crippen LogP contribution >= 0.6 is 15.9 Å². The second-order valence-corrected chi connectivity index (χ2v) is 5.75. The summed E-state index contributed by atoms with van der Waals surface area (Å²) in [6.07, 6.45) is 4.06. The van der Waals surface area contributed by atoms with E-state index in [1.54, 1.807) is 0 Å². The minimum absolute atomic E-state index is 0.462. The molecule has 2 rings (SSSR count). The molecule has 1 aromatic rings. The first-order valence-corrected chi connectivity index (χ1v) is 7.01. The standard InChI is InChI=1S/C14H20BrN/c1-3-5-12-9-14(12)16-10(2)11-6-4-7-13(15)8-11/h4,6-8,10,12,14,16H,3,5,9H2,1-2H3. The van der Waals surface area contributed by atoms with E-state index in [9.17, 15) is 0 Å². The van der Waals surface area contributed by atoms with Gasteiger partial charge in [0.1, 0.15) is 0 Å². The molecule has 88 valence electrons. The molecule has 0 radical (unpaired) electrons. The molecule has 0 spiro atoms. The van der Waals surface area contributed by atoms with Gasteiger partial charge in [-0.3, -0.25) is 0 Å². The molecule has 0 amide bonds. The van der Waals surface area contributed by atoms with Crippen molar-refractivity contribution in [2.45, 2.75) is 45.2 Å². The van der Waals surface area contributed by atoms with Gasteiger partial charge >= 0.3 is 0 Å². The average molecular weight is 282 g/mol. The first kappa shape index (κ1) is 12.1. The van der Waals surface area contributed by atoms with Gasteiger partial charge in [-0.2, -0.15) is 0 Å². The average Bonchev–Trinajstić information content (AvgIpc) is 2.97. The molecule has 1 aliphatic carbocycles. The molecule has 1 aliphatic rings. The summed E-state index contributed by atoms with van der Waals surface area (Å²) in [7, 11) is 0. The monoisotopic (exact) mass is 281 g/mol. The maximum Gasteiger partial charge on any atom is 0.0294 e. The molecule has 0 aliphatic heterocycles. The van der Waals surface area contributed by atoms with E-state index in [1.165, 1.54) is 29.3 Å². The third-order valence-corrected chi connectivity index (χ3v) is 3.89. The summed E-state index contributed by atoms with van der Waals surface area (Å²) in [6, 6.07) is 9.80. The number of hydrogen-bond acceptors (Lipinski definition) is 1. The quantitative estimate of drug-likeness (QED) is 0.849. The highest BCUT2D eigenvalue weighted by molar-refractivity contribution is 9.10. The van der Waals surface area contributed by atoms with Crippen molar-refractivity contribution < 1.29 is 0 Å². The van der Waals surface area contributed by atoms with Gasteiger partial charge in [0.15, 0.2) is 0 Å². The fourth-order valence-corrected chi connectivity index (χ4v) is 2.75. The van der Waals surface area contributed by atoms with Crippen LogP contribution in [0.5, 0.6) is 0 Å². The van der Waals surface area contributed by atoms with Crippen molar-refractivity contribution in [1.82, 2.24) is 5.32 Å². The Bertz CT molecular complexity index is 350. The third kappa shape index (κ3) is 3.08. The van der Waals surface area contributed by atoms with Crippen LogP contribution in [0.4, 0.5) is 0 Å². The third-order valence-electron chi connectivity index (χ3n) is 3.39. The van der Waals surface area contributed by atoms with Crippen LogP contribution in [0, 0.1) is 5.92 Å². The van der Waals surface area contributed by atoms with Crippen molar-refractivity contribution >= 4 is 15.9 Å². The van der Waals surface area contributed by atoms with Crippen LogP contribution in [0.3, 0.4) is 0 Å². The molecule has 0 saturated heterocycles. The van der Waals surface area contributed by atoms with Gasteiger partial charge in [-0.25, -0.2) is 0 Å². The molecule has 3 unspecified atom stereocenters. The Balaban J connectivity index is 1.87. The highest BCUT2D eigenvalue weighted by Crippen LogP contribution is 2.36. The topological polar surface area (TPSA) is 12.0 Å². The van der Waals surface area contributed by atoms with E-state index in [2.05, 4.69) is 59.4 Å². The van der Waals surface area contributed by atoms with Crippen LogP contribution in [0.1, 0.15) is 44.7 Å². The molecule has 2 heteroatoms. The van der Waals surface area contributed by atoms with Crippen molar-refractivity contribution in [3.63, 3.8) is 0 Å². The Hall–Kier alpha value is -0.340. The lowest BCUT2D eigenvalue weighted by Gasteiger charge is -2.14. The number of nitrogens with one attached hydrogen (secondary N) is 1. The Morgan fingerprint density at radius 2 is 2.31 bits per heavy atom. The molecule has 3 atom stereocenters. The van der Waals surface area contributed by atoms with Crippen molar-refractivity contribution in [2.75, 3.05) is 0 Å². The first-order chi connectivity index (χ1) is 7.70. The van der Waals surface area contributed by atoms with E-state index in [-0.39, 0.29) is 0 Å². The molecule has 16 heavy (non-hydrogen) atoms. The van der Waals surface area contributed by atoms with E-state index in [4.69, 9.17) is 0 Å². The Kier molecular flexibility index (Phi) is 4.04. The Morgan fingerprint density at radius 1 is 1.50 bits per heavy atom. The highest BCUT2D eigenvalue weighted by atomic mass is 79.9. The van der Waals surface area contributed by atoms with E-state index in [0.717, 1.165) is 12.0 Å². The molecule has 1 aromatic carbocycles. The van der Waals surface area contributed by atoms with Crippen LogP contribution in [-0.4, -0.2) is 6.04 Å². The first-order valence-electron chi connectivity index (χ1n) is 6.22. The van der Waals surface area contributed by atoms with E-state index < -0.39 is 0 Å². The highest BCUT2D eigenvalue weighted by Gasteiger charge is 2.36.